The largest absolute Gasteiger partial charge is 0.497 e. The lowest BCUT2D eigenvalue weighted by molar-refractivity contribution is 0.0927. The number of hydrogen-bond acceptors (Lipinski definition) is 6. The highest BCUT2D eigenvalue weighted by molar-refractivity contribution is 6.08. The van der Waals surface area contributed by atoms with Crippen LogP contribution in [0.3, 0.4) is 0 Å². The zero-order valence-electron chi connectivity index (χ0n) is 18.3. The predicted octanol–water partition coefficient (Wildman–Crippen LogP) is 3.42. The Morgan fingerprint density at radius 2 is 2.00 bits per heavy atom. The van der Waals surface area contributed by atoms with Gasteiger partial charge in [-0.2, -0.15) is 0 Å². The van der Waals surface area contributed by atoms with Crippen molar-refractivity contribution in [2.24, 2.45) is 11.7 Å². The van der Waals surface area contributed by atoms with Crippen molar-refractivity contribution in [2.45, 2.75) is 50.6 Å². The summed E-state index contributed by atoms with van der Waals surface area (Å²) in [5, 5.41) is 3.14. The van der Waals surface area contributed by atoms with Crippen LogP contribution < -0.4 is 20.5 Å². The highest BCUT2D eigenvalue weighted by Crippen LogP contribution is 2.37. The van der Waals surface area contributed by atoms with Crippen LogP contribution in [0.2, 0.25) is 0 Å². The molecule has 0 radical (unpaired) electrons. The number of ether oxygens (including phenoxy) is 2. The average Bonchev–Trinajstić information content (AvgIpc) is 3.54. The zero-order valence-corrected chi connectivity index (χ0v) is 18.3. The minimum Gasteiger partial charge on any atom is -0.497 e. The van der Waals surface area contributed by atoms with Gasteiger partial charge in [-0.1, -0.05) is 0 Å². The van der Waals surface area contributed by atoms with Gasteiger partial charge in [0.15, 0.2) is 0 Å². The van der Waals surface area contributed by atoms with Gasteiger partial charge in [-0.3, -0.25) is 4.79 Å². The van der Waals surface area contributed by atoms with Crippen molar-refractivity contribution in [3.63, 3.8) is 0 Å². The molecule has 3 aromatic rings. The number of aromatic amines is 1. The van der Waals surface area contributed by atoms with Crippen molar-refractivity contribution in [1.29, 1.82) is 0 Å². The highest BCUT2D eigenvalue weighted by Gasteiger charge is 2.25. The topological polar surface area (TPSA) is 115 Å². The molecule has 2 aliphatic rings. The molecule has 2 fully saturated rings. The van der Waals surface area contributed by atoms with Gasteiger partial charge in [0.1, 0.15) is 29.0 Å². The molecule has 0 atom stereocenters. The first-order valence-corrected chi connectivity index (χ1v) is 11.3. The lowest BCUT2D eigenvalue weighted by Crippen LogP contribution is -2.40. The van der Waals surface area contributed by atoms with E-state index in [1.165, 1.54) is 19.2 Å². The number of amides is 1. The predicted molar refractivity (Wildman–Crippen MR) is 122 cm³/mol. The van der Waals surface area contributed by atoms with Crippen molar-refractivity contribution >= 4 is 16.9 Å². The molecule has 2 saturated carbocycles. The number of carbonyl (C=O) groups is 1. The second-order valence-corrected chi connectivity index (χ2v) is 8.85. The Kier molecular flexibility index (Phi) is 5.70. The fourth-order valence-electron chi connectivity index (χ4n) is 4.28. The van der Waals surface area contributed by atoms with Crippen LogP contribution in [-0.4, -0.2) is 46.7 Å². The number of benzene rings is 1. The molecule has 0 saturated heterocycles. The SMILES string of the molecule is COc1ccc(OCC2CC2)c(-c2ncnc3c(C(=O)N[C@H]4CC[C@H](N)CC4)c[nH]c23)c1. The van der Waals surface area contributed by atoms with E-state index in [-0.39, 0.29) is 18.0 Å². The van der Waals surface area contributed by atoms with Crippen LogP contribution >= 0.6 is 0 Å². The van der Waals surface area contributed by atoms with Gasteiger partial charge < -0.3 is 25.5 Å². The fraction of sp³-hybridized carbons (Fsp3) is 0.458. The van der Waals surface area contributed by atoms with Crippen LogP contribution in [0.5, 0.6) is 11.5 Å². The van der Waals surface area contributed by atoms with E-state index in [1.54, 1.807) is 13.3 Å². The first kappa shape index (κ1) is 20.8. The summed E-state index contributed by atoms with van der Waals surface area (Å²) in [6.45, 7) is 0.691. The van der Waals surface area contributed by atoms with E-state index >= 15 is 0 Å². The van der Waals surface area contributed by atoms with E-state index in [2.05, 4.69) is 20.3 Å². The van der Waals surface area contributed by atoms with Crippen molar-refractivity contribution in [2.75, 3.05) is 13.7 Å². The van der Waals surface area contributed by atoms with E-state index in [9.17, 15) is 4.79 Å². The lowest BCUT2D eigenvalue weighted by Gasteiger charge is -2.26. The number of methoxy groups -OCH3 is 1. The summed E-state index contributed by atoms with van der Waals surface area (Å²) >= 11 is 0. The number of fused-ring (bicyclic) bond motifs is 1. The second kappa shape index (κ2) is 8.78. The molecule has 0 bridgehead atoms. The zero-order chi connectivity index (χ0) is 22.1. The Hall–Kier alpha value is -3.13. The van der Waals surface area contributed by atoms with Gasteiger partial charge in [0, 0.05) is 23.8 Å². The molecule has 0 spiro atoms. The van der Waals surface area contributed by atoms with Crippen LogP contribution in [0.25, 0.3) is 22.3 Å². The molecule has 32 heavy (non-hydrogen) atoms. The van der Waals surface area contributed by atoms with Crippen molar-refractivity contribution in [1.82, 2.24) is 20.3 Å². The molecule has 0 aliphatic heterocycles. The molecule has 8 nitrogen and oxygen atoms in total. The molecular weight excluding hydrogens is 406 g/mol. The number of nitrogens with one attached hydrogen (secondary N) is 2. The van der Waals surface area contributed by atoms with Crippen LogP contribution in [0.4, 0.5) is 0 Å². The first-order chi connectivity index (χ1) is 15.6. The normalized spacial score (nSPS) is 20.8. The molecule has 4 N–H and O–H groups in total. The smallest absolute Gasteiger partial charge is 0.255 e. The number of H-pyrrole nitrogens is 1. The molecular formula is C24H29N5O3. The van der Waals surface area contributed by atoms with E-state index in [0.717, 1.165) is 37.0 Å². The van der Waals surface area contributed by atoms with E-state index in [4.69, 9.17) is 15.2 Å². The van der Waals surface area contributed by atoms with Crippen LogP contribution in [0, 0.1) is 5.92 Å². The fourth-order valence-corrected chi connectivity index (χ4v) is 4.28. The number of nitrogens with zero attached hydrogens (tertiary/aromatic N) is 2. The molecule has 5 rings (SSSR count). The molecule has 8 heteroatoms. The monoisotopic (exact) mass is 435 g/mol. The lowest BCUT2D eigenvalue weighted by atomic mass is 9.91. The van der Waals surface area contributed by atoms with Gasteiger partial charge >= 0.3 is 0 Å². The van der Waals surface area contributed by atoms with Gasteiger partial charge in [-0.05, 0) is 62.6 Å². The third-order valence-electron chi connectivity index (χ3n) is 6.43. The molecule has 2 heterocycles. The number of hydrogen-bond donors (Lipinski definition) is 3. The maximum Gasteiger partial charge on any atom is 0.255 e. The number of aromatic nitrogens is 3. The second-order valence-electron chi connectivity index (χ2n) is 8.85. The first-order valence-electron chi connectivity index (χ1n) is 11.3. The summed E-state index contributed by atoms with van der Waals surface area (Å²) in [6.07, 6.45) is 9.30. The van der Waals surface area contributed by atoms with Gasteiger partial charge in [-0.15, -0.1) is 0 Å². The van der Waals surface area contributed by atoms with Crippen molar-refractivity contribution in [3.8, 4) is 22.8 Å². The van der Waals surface area contributed by atoms with Gasteiger partial charge in [0.25, 0.3) is 5.91 Å². The average molecular weight is 436 g/mol. The quantitative estimate of drug-likeness (QED) is 0.524. The summed E-state index contributed by atoms with van der Waals surface area (Å²) in [5.41, 5.74) is 9.30. The minimum absolute atomic E-state index is 0.128. The third-order valence-corrected chi connectivity index (χ3v) is 6.43. The van der Waals surface area contributed by atoms with Crippen molar-refractivity contribution in [3.05, 3.63) is 36.3 Å². The minimum atomic E-state index is -0.128. The maximum atomic E-state index is 13.0. The summed E-state index contributed by atoms with van der Waals surface area (Å²) in [5.74, 6) is 1.96. The molecule has 0 unspecified atom stereocenters. The van der Waals surface area contributed by atoms with E-state index in [0.29, 0.717) is 40.6 Å². The van der Waals surface area contributed by atoms with Gasteiger partial charge in [0.05, 0.1) is 24.8 Å². The number of nitrogens with two attached hydrogens (primary N) is 1. The molecule has 2 aliphatic carbocycles. The van der Waals surface area contributed by atoms with Crippen molar-refractivity contribution < 1.29 is 14.3 Å². The molecule has 168 valence electrons. The Labute approximate surface area is 186 Å². The highest BCUT2D eigenvalue weighted by atomic mass is 16.5. The summed E-state index contributed by atoms with van der Waals surface area (Å²) in [7, 11) is 1.63. The van der Waals surface area contributed by atoms with E-state index < -0.39 is 0 Å². The number of carbonyl (C=O) groups excluding carboxylic acids is 1. The summed E-state index contributed by atoms with van der Waals surface area (Å²) in [6, 6.07) is 6.10. The standard InChI is InChI=1S/C24H29N5O3/c1-31-17-8-9-20(32-12-14-2-3-14)18(10-17)21-23-22(28-13-27-21)19(11-26-23)24(30)29-16-6-4-15(25)5-7-16/h8-11,13-16,26H,2-7,12,25H2,1H3,(H,29,30)/t15-,16-. The summed E-state index contributed by atoms with van der Waals surface area (Å²) in [4.78, 5) is 25.2. The molecule has 1 aromatic carbocycles. The third kappa shape index (κ3) is 4.27. The Morgan fingerprint density at radius 3 is 2.75 bits per heavy atom. The summed E-state index contributed by atoms with van der Waals surface area (Å²) < 4.78 is 11.5. The maximum absolute atomic E-state index is 13.0. The Bertz CT molecular complexity index is 1120. The number of rotatable bonds is 7. The van der Waals surface area contributed by atoms with Crippen LogP contribution in [0.1, 0.15) is 48.9 Å². The molecule has 1 amide bonds. The Morgan fingerprint density at radius 1 is 1.19 bits per heavy atom. The Balaban J connectivity index is 1.46. The van der Waals surface area contributed by atoms with E-state index in [1.807, 2.05) is 18.2 Å². The van der Waals surface area contributed by atoms with Gasteiger partial charge in [-0.25, -0.2) is 9.97 Å². The molecule has 2 aromatic heterocycles. The van der Waals surface area contributed by atoms with Crippen LogP contribution in [-0.2, 0) is 0 Å². The van der Waals surface area contributed by atoms with Gasteiger partial charge in [0.2, 0.25) is 0 Å². The van der Waals surface area contributed by atoms with Crippen LogP contribution in [0.15, 0.2) is 30.7 Å².